The van der Waals surface area contributed by atoms with Crippen molar-refractivity contribution in [3.8, 4) is 11.3 Å². The minimum absolute atomic E-state index is 0.0249. The van der Waals surface area contributed by atoms with Crippen molar-refractivity contribution in [1.82, 2.24) is 9.97 Å². The van der Waals surface area contributed by atoms with E-state index in [1.165, 1.54) is 16.7 Å². The van der Waals surface area contributed by atoms with E-state index in [9.17, 15) is 0 Å². The van der Waals surface area contributed by atoms with Gasteiger partial charge >= 0.3 is 0 Å². The molecule has 114 valence electrons. The number of anilines is 2. The molecule has 4 rings (SSSR count). The van der Waals surface area contributed by atoms with E-state index >= 15 is 0 Å². The Morgan fingerprint density at radius 1 is 1.18 bits per heavy atom. The van der Waals surface area contributed by atoms with E-state index in [1.54, 1.807) is 0 Å². The summed E-state index contributed by atoms with van der Waals surface area (Å²) in [7, 11) is 0. The largest absolute Gasteiger partial charge is 0.368 e. The molecular formula is C17H21N5. The first-order chi connectivity index (χ1) is 10.6. The molecule has 1 fully saturated rings. The van der Waals surface area contributed by atoms with Crippen LogP contribution in [0, 0.1) is 5.92 Å². The Morgan fingerprint density at radius 3 is 2.77 bits per heavy atom. The van der Waals surface area contributed by atoms with Gasteiger partial charge in [-0.05, 0) is 24.8 Å². The average molecular weight is 295 g/mol. The molecule has 0 bridgehead atoms. The van der Waals surface area contributed by atoms with Gasteiger partial charge in [0.25, 0.3) is 0 Å². The summed E-state index contributed by atoms with van der Waals surface area (Å²) in [4.78, 5) is 11.2. The smallest absolute Gasteiger partial charge is 0.222 e. The first kappa shape index (κ1) is 13.5. The van der Waals surface area contributed by atoms with Crippen LogP contribution >= 0.6 is 0 Å². The van der Waals surface area contributed by atoms with Gasteiger partial charge in [0.15, 0.2) is 0 Å². The van der Waals surface area contributed by atoms with Crippen LogP contribution in [-0.2, 0) is 12.8 Å². The molecule has 2 aromatic rings. The van der Waals surface area contributed by atoms with E-state index in [2.05, 4.69) is 46.1 Å². The van der Waals surface area contributed by atoms with Crippen molar-refractivity contribution in [3.05, 3.63) is 35.4 Å². The third kappa shape index (κ3) is 1.96. The molecule has 1 aromatic heterocycles. The van der Waals surface area contributed by atoms with Gasteiger partial charge in [0.1, 0.15) is 5.82 Å². The van der Waals surface area contributed by atoms with Gasteiger partial charge in [-0.15, -0.1) is 0 Å². The maximum absolute atomic E-state index is 6.24. The van der Waals surface area contributed by atoms with Crippen molar-refractivity contribution in [2.45, 2.75) is 32.4 Å². The summed E-state index contributed by atoms with van der Waals surface area (Å²) in [5.41, 5.74) is 16.9. The van der Waals surface area contributed by atoms with Crippen LogP contribution in [0.15, 0.2) is 24.3 Å². The number of nitrogens with two attached hydrogens (primary N) is 2. The van der Waals surface area contributed by atoms with Gasteiger partial charge in [0, 0.05) is 23.6 Å². The molecule has 2 heterocycles. The monoisotopic (exact) mass is 295 g/mol. The summed E-state index contributed by atoms with van der Waals surface area (Å²) < 4.78 is 0. The standard InChI is InChI=1S/C17H21N5/c1-10-9-22(15(10)18)16-13-8-4-6-11-5-2-3-7-12(11)14(13)20-17(19)21-16/h2-3,5,7,10,15H,4,6,8-9,18H2,1H3,(H2,19,20,21). The van der Waals surface area contributed by atoms with Gasteiger partial charge < -0.3 is 16.4 Å². The minimum Gasteiger partial charge on any atom is -0.368 e. The SMILES string of the molecule is CC1CN(c2nc(N)nc3c2CCCc2ccccc2-3)C1N. The molecule has 0 saturated carbocycles. The van der Waals surface area contributed by atoms with E-state index in [0.717, 1.165) is 37.3 Å². The second kappa shape index (κ2) is 4.95. The molecule has 2 atom stereocenters. The van der Waals surface area contributed by atoms with E-state index in [1.807, 2.05) is 0 Å². The highest BCUT2D eigenvalue weighted by atomic mass is 15.3. The Morgan fingerprint density at radius 2 is 2.00 bits per heavy atom. The van der Waals surface area contributed by atoms with Crippen LogP contribution in [0.5, 0.6) is 0 Å². The van der Waals surface area contributed by atoms with E-state index in [-0.39, 0.29) is 6.17 Å². The van der Waals surface area contributed by atoms with Gasteiger partial charge in [-0.25, -0.2) is 4.98 Å². The fourth-order valence-corrected chi connectivity index (χ4v) is 3.54. The highest BCUT2D eigenvalue weighted by Gasteiger charge is 2.36. The number of benzene rings is 1. The number of nitrogen functional groups attached to an aromatic ring is 1. The minimum atomic E-state index is 0.0249. The number of aromatic nitrogens is 2. The normalized spacial score (nSPS) is 23.3. The van der Waals surface area contributed by atoms with Crippen molar-refractivity contribution in [1.29, 1.82) is 0 Å². The molecule has 2 aliphatic rings. The van der Waals surface area contributed by atoms with Crippen LogP contribution in [0.2, 0.25) is 0 Å². The lowest BCUT2D eigenvalue weighted by Gasteiger charge is -2.46. The Balaban J connectivity index is 1.89. The topological polar surface area (TPSA) is 81.1 Å². The second-order valence-electron chi connectivity index (χ2n) is 6.36. The Bertz CT molecular complexity index is 727. The van der Waals surface area contributed by atoms with E-state index in [4.69, 9.17) is 11.5 Å². The average Bonchev–Trinajstić information content (AvgIpc) is 2.71. The second-order valence-corrected chi connectivity index (χ2v) is 6.36. The summed E-state index contributed by atoms with van der Waals surface area (Å²) in [5, 5.41) is 0. The molecule has 22 heavy (non-hydrogen) atoms. The third-order valence-electron chi connectivity index (χ3n) is 4.85. The molecule has 0 radical (unpaired) electrons. The van der Waals surface area contributed by atoms with Crippen molar-refractivity contribution >= 4 is 11.8 Å². The number of fused-ring (bicyclic) bond motifs is 3. The molecule has 2 unspecified atom stereocenters. The molecule has 5 nitrogen and oxygen atoms in total. The lowest BCUT2D eigenvalue weighted by Crippen LogP contribution is -2.61. The molecule has 5 heteroatoms. The Hall–Kier alpha value is -2.14. The van der Waals surface area contributed by atoms with Crippen molar-refractivity contribution < 1.29 is 0 Å². The molecule has 1 aliphatic heterocycles. The van der Waals surface area contributed by atoms with E-state index in [0.29, 0.717) is 11.9 Å². The number of nitrogens with zero attached hydrogens (tertiary/aromatic N) is 3. The van der Waals surface area contributed by atoms with Gasteiger partial charge in [0.05, 0.1) is 11.9 Å². The zero-order chi connectivity index (χ0) is 15.3. The lowest BCUT2D eigenvalue weighted by atomic mass is 9.95. The first-order valence-electron chi connectivity index (χ1n) is 7.92. The number of hydrogen-bond donors (Lipinski definition) is 2. The van der Waals surface area contributed by atoms with Gasteiger partial charge in [-0.1, -0.05) is 31.2 Å². The maximum atomic E-state index is 6.24. The van der Waals surface area contributed by atoms with Gasteiger partial charge in [-0.2, -0.15) is 4.98 Å². The van der Waals surface area contributed by atoms with Crippen LogP contribution in [-0.4, -0.2) is 22.7 Å². The fraction of sp³-hybridized carbons (Fsp3) is 0.412. The molecule has 0 amide bonds. The summed E-state index contributed by atoms with van der Waals surface area (Å²) in [6, 6.07) is 8.46. The summed E-state index contributed by atoms with van der Waals surface area (Å²) >= 11 is 0. The van der Waals surface area contributed by atoms with E-state index < -0.39 is 0 Å². The Kier molecular flexibility index (Phi) is 3.04. The summed E-state index contributed by atoms with van der Waals surface area (Å²) in [5.74, 6) is 1.76. The van der Waals surface area contributed by atoms with Crippen LogP contribution < -0.4 is 16.4 Å². The molecule has 1 aromatic carbocycles. The van der Waals surface area contributed by atoms with Crippen LogP contribution in [0.4, 0.5) is 11.8 Å². The fourth-order valence-electron chi connectivity index (χ4n) is 3.54. The molecule has 4 N–H and O–H groups in total. The zero-order valence-electron chi connectivity index (χ0n) is 12.8. The highest BCUT2D eigenvalue weighted by molar-refractivity contribution is 5.74. The predicted molar refractivity (Wildman–Crippen MR) is 88.4 cm³/mol. The summed E-state index contributed by atoms with van der Waals surface area (Å²) in [6.45, 7) is 3.10. The maximum Gasteiger partial charge on any atom is 0.222 e. The number of aryl methyl sites for hydroxylation is 1. The first-order valence-corrected chi connectivity index (χ1v) is 7.92. The van der Waals surface area contributed by atoms with Crippen LogP contribution in [0.3, 0.4) is 0 Å². The van der Waals surface area contributed by atoms with Crippen molar-refractivity contribution in [2.75, 3.05) is 17.2 Å². The lowest BCUT2D eigenvalue weighted by molar-refractivity contribution is 0.322. The molecular weight excluding hydrogens is 274 g/mol. The highest BCUT2D eigenvalue weighted by Crippen LogP contribution is 2.38. The van der Waals surface area contributed by atoms with Gasteiger partial charge in [-0.3, -0.25) is 0 Å². The Labute approximate surface area is 130 Å². The molecule has 0 spiro atoms. The zero-order valence-corrected chi connectivity index (χ0v) is 12.8. The summed E-state index contributed by atoms with van der Waals surface area (Å²) in [6.07, 6.45) is 3.16. The van der Waals surface area contributed by atoms with Crippen LogP contribution in [0.25, 0.3) is 11.3 Å². The molecule has 1 saturated heterocycles. The number of rotatable bonds is 1. The van der Waals surface area contributed by atoms with Crippen LogP contribution in [0.1, 0.15) is 24.5 Å². The van der Waals surface area contributed by atoms with Crippen molar-refractivity contribution in [2.24, 2.45) is 11.7 Å². The quantitative estimate of drug-likeness (QED) is 0.840. The van der Waals surface area contributed by atoms with Gasteiger partial charge in [0.2, 0.25) is 5.95 Å². The number of hydrogen-bond acceptors (Lipinski definition) is 5. The third-order valence-corrected chi connectivity index (χ3v) is 4.85. The predicted octanol–water partition coefficient (Wildman–Crippen LogP) is 1.96. The van der Waals surface area contributed by atoms with Crippen molar-refractivity contribution in [3.63, 3.8) is 0 Å². The molecule has 1 aliphatic carbocycles.